The average molecular weight is 265 g/mol. The quantitative estimate of drug-likeness (QED) is 0.617. The summed E-state index contributed by atoms with van der Waals surface area (Å²) in [5.74, 6) is 0.321. The molecule has 1 aromatic rings. The fourth-order valence-electron chi connectivity index (χ4n) is 1.63. The number of methoxy groups -OCH3 is 1. The van der Waals surface area contributed by atoms with E-state index >= 15 is 0 Å². The minimum absolute atomic E-state index is 0.247. The van der Waals surface area contributed by atoms with Crippen molar-refractivity contribution in [2.45, 2.75) is 24.0 Å². The van der Waals surface area contributed by atoms with Crippen LogP contribution in [0.25, 0.3) is 0 Å². The second kappa shape index (κ2) is 5.91. The number of carbonyl (C=O) groups is 1. The van der Waals surface area contributed by atoms with E-state index in [-0.39, 0.29) is 12.1 Å². The number of hydrogen-bond donors (Lipinski definition) is 0. The van der Waals surface area contributed by atoms with Gasteiger partial charge in [-0.3, -0.25) is 0 Å². The number of hydrogen-bond acceptors (Lipinski definition) is 5. The van der Waals surface area contributed by atoms with Gasteiger partial charge in [0.1, 0.15) is 6.10 Å². The van der Waals surface area contributed by atoms with Crippen molar-refractivity contribution in [1.82, 2.24) is 0 Å². The van der Waals surface area contributed by atoms with Crippen molar-refractivity contribution in [3.63, 3.8) is 0 Å². The molecule has 0 saturated heterocycles. The van der Waals surface area contributed by atoms with Crippen LogP contribution in [0.15, 0.2) is 34.2 Å². The minimum Gasteiger partial charge on any atom is -0.477 e. The van der Waals surface area contributed by atoms with Crippen LogP contribution in [0, 0.1) is 6.92 Å². The van der Waals surface area contributed by atoms with E-state index in [1.165, 1.54) is 19.1 Å². The Hall–Kier alpha value is -1.49. The fourth-order valence-corrected chi connectivity index (χ4v) is 2.57. The molecule has 2 rings (SSSR count). The zero-order valence-corrected chi connectivity index (χ0v) is 11.1. The smallest absolute Gasteiger partial charge is 0.334 e. The highest BCUT2D eigenvalue weighted by Crippen LogP contribution is 2.23. The molecule has 0 amide bonds. The number of rotatable bonds is 4. The Morgan fingerprint density at radius 2 is 2.17 bits per heavy atom. The first-order valence-corrected chi connectivity index (χ1v) is 6.63. The molecule has 5 heteroatoms. The summed E-state index contributed by atoms with van der Waals surface area (Å²) in [5, 5.41) is 0. The summed E-state index contributed by atoms with van der Waals surface area (Å²) in [6.45, 7) is 2.05. The third-order valence-corrected chi connectivity index (χ3v) is 3.79. The molecule has 0 saturated carbocycles. The highest BCUT2D eigenvalue weighted by molar-refractivity contribution is 7.99. The second-order valence-corrected chi connectivity index (χ2v) is 5.11. The summed E-state index contributed by atoms with van der Waals surface area (Å²) in [6.07, 6.45) is 1.09. The summed E-state index contributed by atoms with van der Waals surface area (Å²) in [4.78, 5) is 16.6. The standard InChI is InChI=1S/C13H15NO3S/c1-9-3-5-10(6-4-9)18-7-11-12(13(15)16-2)14-8-17-11/h3-6,8,11-12H,7H2,1-2H3/t11-,12-/m0/s1. The van der Waals surface area contributed by atoms with Gasteiger partial charge in [0.15, 0.2) is 12.4 Å². The van der Waals surface area contributed by atoms with Crippen LogP contribution < -0.4 is 0 Å². The molecule has 0 N–H and O–H groups in total. The highest BCUT2D eigenvalue weighted by atomic mass is 32.2. The second-order valence-electron chi connectivity index (χ2n) is 4.02. The number of thioether (sulfide) groups is 1. The summed E-state index contributed by atoms with van der Waals surface area (Å²) in [7, 11) is 1.36. The molecule has 0 fully saturated rings. The van der Waals surface area contributed by atoms with Crippen molar-refractivity contribution in [2.75, 3.05) is 12.9 Å². The van der Waals surface area contributed by atoms with Crippen LogP contribution in [0.3, 0.4) is 0 Å². The van der Waals surface area contributed by atoms with Gasteiger partial charge in [-0.1, -0.05) is 17.7 Å². The molecule has 2 atom stereocenters. The first-order valence-electron chi connectivity index (χ1n) is 5.65. The number of esters is 1. The maximum Gasteiger partial charge on any atom is 0.334 e. The Labute approximate surface area is 110 Å². The van der Waals surface area contributed by atoms with Gasteiger partial charge in [0.05, 0.1) is 7.11 Å². The molecule has 4 nitrogen and oxygen atoms in total. The van der Waals surface area contributed by atoms with Crippen LogP contribution in [-0.4, -0.2) is 37.4 Å². The number of ether oxygens (including phenoxy) is 2. The van der Waals surface area contributed by atoms with Crippen molar-refractivity contribution in [1.29, 1.82) is 0 Å². The number of benzene rings is 1. The van der Waals surface area contributed by atoms with Crippen LogP contribution in [0.1, 0.15) is 5.56 Å². The molecule has 96 valence electrons. The summed E-state index contributed by atoms with van der Waals surface area (Å²) in [6, 6.07) is 7.71. The molecule has 1 heterocycles. The maximum atomic E-state index is 11.5. The molecule has 1 aliphatic heterocycles. The zero-order valence-electron chi connectivity index (χ0n) is 10.3. The Balaban J connectivity index is 1.90. The third-order valence-electron chi connectivity index (χ3n) is 2.69. The Morgan fingerprint density at radius 1 is 1.44 bits per heavy atom. The van der Waals surface area contributed by atoms with E-state index in [9.17, 15) is 4.79 Å². The number of carbonyl (C=O) groups excluding carboxylic acids is 1. The van der Waals surface area contributed by atoms with E-state index in [4.69, 9.17) is 9.47 Å². The lowest BCUT2D eigenvalue weighted by Gasteiger charge is -2.14. The van der Waals surface area contributed by atoms with Crippen LogP contribution in [0.2, 0.25) is 0 Å². The van der Waals surface area contributed by atoms with E-state index in [0.29, 0.717) is 5.75 Å². The molecule has 0 aliphatic carbocycles. The minimum atomic E-state index is -0.534. The molecule has 0 aromatic heterocycles. The Morgan fingerprint density at radius 3 is 2.83 bits per heavy atom. The van der Waals surface area contributed by atoms with Gasteiger partial charge in [-0.15, -0.1) is 11.8 Å². The van der Waals surface area contributed by atoms with Gasteiger partial charge in [-0.2, -0.15) is 0 Å². The van der Waals surface area contributed by atoms with Crippen molar-refractivity contribution >= 4 is 24.1 Å². The third kappa shape index (κ3) is 3.04. The lowest BCUT2D eigenvalue weighted by atomic mass is 10.2. The van der Waals surface area contributed by atoms with Gasteiger partial charge in [-0.05, 0) is 19.1 Å². The van der Waals surface area contributed by atoms with Gasteiger partial charge >= 0.3 is 5.97 Å². The molecule has 1 aromatic carbocycles. The van der Waals surface area contributed by atoms with E-state index in [2.05, 4.69) is 36.2 Å². The van der Waals surface area contributed by atoms with E-state index < -0.39 is 6.04 Å². The summed E-state index contributed by atoms with van der Waals surface area (Å²) >= 11 is 1.65. The Kier molecular flexibility index (Phi) is 4.25. The zero-order chi connectivity index (χ0) is 13.0. The Bertz CT molecular complexity index is 444. The summed E-state index contributed by atoms with van der Waals surface area (Å²) in [5.41, 5.74) is 1.23. The van der Waals surface area contributed by atoms with Crippen molar-refractivity contribution in [3.8, 4) is 0 Å². The highest BCUT2D eigenvalue weighted by Gasteiger charge is 2.33. The van der Waals surface area contributed by atoms with Gasteiger partial charge in [0.2, 0.25) is 0 Å². The average Bonchev–Trinajstić information content (AvgIpc) is 2.85. The molecular weight excluding hydrogens is 250 g/mol. The van der Waals surface area contributed by atoms with E-state index in [0.717, 1.165) is 4.90 Å². The van der Waals surface area contributed by atoms with Gasteiger partial charge < -0.3 is 9.47 Å². The van der Waals surface area contributed by atoms with Crippen LogP contribution in [0.4, 0.5) is 0 Å². The largest absolute Gasteiger partial charge is 0.477 e. The van der Waals surface area contributed by atoms with Crippen molar-refractivity contribution in [3.05, 3.63) is 29.8 Å². The topological polar surface area (TPSA) is 47.9 Å². The molecule has 0 bridgehead atoms. The molecular formula is C13H15NO3S. The SMILES string of the molecule is COC(=O)[C@H]1N=CO[C@H]1CSc1ccc(C)cc1. The van der Waals surface area contributed by atoms with E-state index in [1.54, 1.807) is 11.8 Å². The summed E-state index contributed by atoms with van der Waals surface area (Å²) < 4.78 is 10.0. The molecule has 1 aliphatic rings. The first kappa shape index (κ1) is 13.0. The van der Waals surface area contributed by atoms with Crippen molar-refractivity contribution in [2.24, 2.45) is 4.99 Å². The van der Waals surface area contributed by atoms with Crippen LogP contribution in [0.5, 0.6) is 0 Å². The lowest BCUT2D eigenvalue weighted by Crippen LogP contribution is -2.32. The molecule has 0 unspecified atom stereocenters. The van der Waals surface area contributed by atoms with Gasteiger partial charge in [0, 0.05) is 10.6 Å². The molecule has 0 radical (unpaired) electrons. The normalized spacial score (nSPS) is 21.7. The van der Waals surface area contributed by atoms with Gasteiger partial charge in [0.25, 0.3) is 0 Å². The number of nitrogens with zero attached hydrogens (tertiary/aromatic N) is 1. The lowest BCUT2D eigenvalue weighted by molar-refractivity contribution is -0.143. The predicted molar refractivity (Wildman–Crippen MR) is 71.1 cm³/mol. The predicted octanol–water partition coefficient (Wildman–Crippen LogP) is 2.06. The van der Waals surface area contributed by atoms with Gasteiger partial charge in [-0.25, -0.2) is 9.79 Å². The fraction of sp³-hybridized carbons (Fsp3) is 0.385. The molecule has 18 heavy (non-hydrogen) atoms. The van der Waals surface area contributed by atoms with E-state index in [1.807, 2.05) is 0 Å². The molecule has 0 spiro atoms. The number of aryl methyl sites for hydroxylation is 1. The van der Waals surface area contributed by atoms with Crippen LogP contribution >= 0.6 is 11.8 Å². The van der Waals surface area contributed by atoms with Crippen LogP contribution in [-0.2, 0) is 14.3 Å². The number of aliphatic imine (C=N–C) groups is 1. The monoisotopic (exact) mass is 265 g/mol. The van der Waals surface area contributed by atoms with Crippen molar-refractivity contribution < 1.29 is 14.3 Å². The first-order chi connectivity index (χ1) is 8.70. The maximum absolute atomic E-state index is 11.5.